The molecule has 0 aliphatic carbocycles. The molecule has 2 N–H and O–H groups in total. The van der Waals surface area contributed by atoms with Crippen molar-refractivity contribution in [2.24, 2.45) is 5.41 Å². The van der Waals surface area contributed by atoms with Gasteiger partial charge in [0.15, 0.2) is 0 Å². The Labute approximate surface area is 94.0 Å². The summed E-state index contributed by atoms with van der Waals surface area (Å²) in [5.74, 6) is -1.85. The molecule has 0 saturated carbocycles. The maximum atomic E-state index is 11.3. The topological polar surface area (TPSA) is 92.7 Å². The Morgan fingerprint density at radius 1 is 1.25 bits per heavy atom. The van der Waals surface area contributed by atoms with Crippen LogP contribution >= 0.6 is 0 Å². The predicted molar refractivity (Wildman–Crippen MR) is 55.7 cm³/mol. The van der Waals surface area contributed by atoms with Gasteiger partial charge in [0, 0.05) is 6.42 Å². The van der Waals surface area contributed by atoms with Crippen LogP contribution in [0.5, 0.6) is 0 Å². The molecule has 0 aliphatic rings. The highest BCUT2D eigenvalue weighted by atomic mass is 16.5. The van der Waals surface area contributed by atoms with Crippen LogP contribution in [0.25, 0.3) is 0 Å². The van der Waals surface area contributed by atoms with Crippen molar-refractivity contribution >= 4 is 17.8 Å². The minimum absolute atomic E-state index is 0.0519. The lowest BCUT2D eigenvalue weighted by molar-refractivity contribution is -0.142. The van der Waals surface area contributed by atoms with Crippen LogP contribution in [0.15, 0.2) is 0 Å². The average molecular weight is 231 g/mol. The van der Waals surface area contributed by atoms with Crippen LogP contribution in [0, 0.1) is 5.41 Å². The lowest BCUT2D eigenvalue weighted by Gasteiger charge is -2.21. The first-order valence-corrected chi connectivity index (χ1v) is 4.82. The Balaban J connectivity index is 4.03. The fraction of sp³-hybridized carbons (Fsp3) is 0.700. The van der Waals surface area contributed by atoms with Gasteiger partial charge in [-0.1, -0.05) is 13.8 Å². The molecule has 0 atom stereocenters. The Hall–Kier alpha value is -1.59. The van der Waals surface area contributed by atoms with Gasteiger partial charge in [0.2, 0.25) is 5.91 Å². The fourth-order valence-corrected chi connectivity index (χ4v) is 1.21. The molecule has 0 unspecified atom stereocenters. The normalized spacial score (nSPS) is 10.7. The minimum Gasteiger partial charge on any atom is -0.481 e. The van der Waals surface area contributed by atoms with Gasteiger partial charge in [0.25, 0.3) is 0 Å². The molecular weight excluding hydrogens is 214 g/mol. The lowest BCUT2D eigenvalue weighted by Crippen LogP contribution is -2.34. The Morgan fingerprint density at radius 3 is 2.25 bits per heavy atom. The summed E-state index contributed by atoms with van der Waals surface area (Å²) in [6.45, 7) is 3.16. The fourth-order valence-electron chi connectivity index (χ4n) is 1.21. The number of carbonyl (C=O) groups excluding carboxylic acids is 2. The number of nitrogens with one attached hydrogen (secondary N) is 1. The molecule has 1 amide bonds. The van der Waals surface area contributed by atoms with Crippen LogP contribution in [-0.4, -0.2) is 36.6 Å². The summed E-state index contributed by atoms with van der Waals surface area (Å²) in [6.07, 6.45) is -0.0467. The van der Waals surface area contributed by atoms with E-state index in [0.717, 1.165) is 0 Å². The molecule has 0 aromatic rings. The number of ether oxygens (including phenoxy) is 1. The van der Waals surface area contributed by atoms with Gasteiger partial charge >= 0.3 is 11.9 Å². The molecule has 0 aromatic carbocycles. The quantitative estimate of drug-likeness (QED) is 0.635. The largest absolute Gasteiger partial charge is 0.481 e. The van der Waals surface area contributed by atoms with Gasteiger partial charge in [0.05, 0.1) is 13.5 Å². The molecule has 6 heteroatoms. The second kappa shape index (κ2) is 6.09. The van der Waals surface area contributed by atoms with Gasteiger partial charge in [0.1, 0.15) is 6.54 Å². The van der Waals surface area contributed by atoms with E-state index in [4.69, 9.17) is 5.11 Å². The highest BCUT2D eigenvalue weighted by molar-refractivity contribution is 5.82. The highest BCUT2D eigenvalue weighted by Gasteiger charge is 2.25. The summed E-state index contributed by atoms with van der Waals surface area (Å²) in [4.78, 5) is 32.6. The average Bonchev–Trinajstić information content (AvgIpc) is 2.11. The Kier molecular flexibility index (Phi) is 5.49. The summed E-state index contributed by atoms with van der Waals surface area (Å²) in [5.41, 5.74) is -0.633. The van der Waals surface area contributed by atoms with Crippen molar-refractivity contribution in [2.75, 3.05) is 13.7 Å². The van der Waals surface area contributed by atoms with Crippen LogP contribution in [0.4, 0.5) is 0 Å². The first kappa shape index (κ1) is 14.4. The number of amides is 1. The predicted octanol–water partition coefficient (Wildman–Crippen LogP) is 0.167. The number of methoxy groups -OCH3 is 1. The van der Waals surface area contributed by atoms with Crippen LogP contribution in [-0.2, 0) is 19.1 Å². The summed E-state index contributed by atoms with van der Waals surface area (Å²) in [7, 11) is 1.23. The summed E-state index contributed by atoms with van der Waals surface area (Å²) in [6, 6.07) is 0. The second-order valence-electron chi connectivity index (χ2n) is 4.26. The van der Waals surface area contributed by atoms with E-state index >= 15 is 0 Å². The number of hydrogen-bond donors (Lipinski definition) is 2. The SMILES string of the molecule is COC(=O)CNC(=O)CC(C)(C)CC(=O)O. The third-order valence-electron chi connectivity index (χ3n) is 1.93. The van der Waals surface area contributed by atoms with E-state index in [0.29, 0.717) is 0 Å². The van der Waals surface area contributed by atoms with Crippen molar-refractivity contribution < 1.29 is 24.2 Å². The van der Waals surface area contributed by atoms with E-state index in [-0.39, 0.29) is 25.3 Å². The number of carbonyl (C=O) groups is 3. The zero-order chi connectivity index (χ0) is 12.8. The molecular formula is C10H17NO5. The zero-order valence-electron chi connectivity index (χ0n) is 9.70. The molecule has 16 heavy (non-hydrogen) atoms. The number of carboxylic acid groups (broad SMARTS) is 1. The first-order valence-electron chi connectivity index (χ1n) is 4.82. The van der Waals surface area contributed by atoms with Crippen molar-refractivity contribution in [3.63, 3.8) is 0 Å². The van der Waals surface area contributed by atoms with E-state index in [9.17, 15) is 14.4 Å². The van der Waals surface area contributed by atoms with E-state index in [1.165, 1.54) is 7.11 Å². The maximum absolute atomic E-state index is 11.3. The summed E-state index contributed by atoms with van der Waals surface area (Å²) < 4.78 is 4.35. The molecule has 0 bridgehead atoms. The summed E-state index contributed by atoms with van der Waals surface area (Å²) >= 11 is 0. The number of rotatable bonds is 6. The zero-order valence-corrected chi connectivity index (χ0v) is 9.70. The van der Waals surface area contributed by atoms with Crippen LogP contribution in [0.1, 0.15) is 26.7 Å². The highest BCUT2D eigenvalue weighted by Crippen LogP contribution is 2.24. The van der Waals surface area contributed by atoms with Crippen LogP contribution in [0.3, 0.4) is 0 Å². The molecule has 0 aromatic heterocycles. The number of carboxylic acids is 1. The van der Waals surface area contributed by atoms with E-state index in [1.54, 1.807) is 13.8 Å². The second-order valence-corrected chi connectivity index (χ2v) is 4.26. The standard InChI is InChI=1S/C10H17NO5/c1-10(2,5-8(13)14)4-7(12)11-6-9(15)16-3/h4-6H2,1-3H3,(H,11,12)(H,13,14). The van der Waals surface area contributed by atoms with E-state index in [2.05, 4.69) is 10.1 Å². The smallest absolute Gasteiger partial charge is 0.325 e. The van der Waals surface area contributed by atoms with E-state index in [1.807, 2.05) is 0 Å². The minimum atomic E-state index is -0.953. The van der Waals surface area contributed by atoms with Gasteiger partial charge in [-0.15, -0.1) is 0 Å². The van der Waals surface area contributed by atoms with Gasteiger partial charge in [-0.3, -0.25) is 14.4 Å². The molecule has 0 aliphatic heterocycles. The molecule has 0 spiro atoms. The first-order chi connectivity index (χ1) is 7.26. The van der Waals surface area contributed by atoms with E-state index < -0.39 is 17.4 Å². The molecule has 0 heterocycles. The van der Waals surface area contributed by atoms with Crippen molar-refractivity contribution in [2.45, 2.75) is 26.7 Å². The molecule has 92 valence electrons. The lowest BCUT2D eigenvalue weighted by atomic mass is 9.85. The monoisotopic (exact) mass is 231 g/mol. The Morgan fingerprint density at radius 2 is 1.81 bits per heavy atom. The Bertz CT molecular complexity index is 285. The van der Waals surface area contributed by atoms with Crippen molar-refractivity contribution in [3.05, 3.63) is 0 Å². The van der Waals surface area contributed by atoms with Gasteiger partial charge in [-0.05, 0) is 5.41 Å². The third-order valence-corrected chi connectivity index (χ3v) is 1.93. The van der Waals surface area contributed by atoms with Crippen molar-refractivity contribution in [3.8, 4) is 0 Å². The van der Waals surface area contributed by atoms with Gasteiger partial charge in [-0.25, -0.2) is 0 Å². The van der Waals surface area contributed by atoms with Crippen LogP contribution in [0.2, 0.25) is 0 Å². The van der Waals surface area contributed by atoms with Crippen molar-refractivity contribution in [1.82, 2.24) is 5.32 Å². The number of hydrogen-bond acceptors (Lipinski definition) is 4. The molecule has 6 nitrogen and oxygen atoms in total. The molecule has 0 fully saturated rings. The van der Waals surface area contributed by atoms with Gasteiger partial charge in [-0.2, -0.15) is 0 Å². The molecule has 0 saturated heterocycles. The maximum Gasteiger partial charge on any atom is 0.325 e. The van der Waals surface area contributed by atoms with Gasteiger partial charge < -0.3 is 15.2 Å². The third kappa shape index (κ3) is 6.80. The number of aliphatic carboxylic acids is 1. The molecule has 0 radical (unpaired) electrons. The number of esters is 1. The molecule has 0 rings (SSSR count). The van der Waals surface area contributed by atoms with Crippen LogP contribution < -0.4 is 5.32 Å². The van der Waals surface area contributed by atoms with Crippen molar-refractivity contribution in [1.29, 1.82) is 0 Å². The summed E-state index contributed by atoms with van der Waals surface area (Å²) in [5, 5.41) is 11.0.